The molecule has 6 heteroatoms. The fraction of sp³-hybridized carbons (Fsp3) is 0.571. The van der Waals surface area contributed by atoms with E-state index >= 15 is 0 Å². The van der Waals surface area contributed by atoms with Crippen molar-refractivity contribution in [2.45, 2.75) is 43.2 Å². The minimum Gasteiger partial charge on any atom is -0.395 e. The maximum atomic E-state index is 12.8. The van der Waals surface area contributed by atoms with Gasteiger partial charge in [0.25, 0.3) is 0 Å². The Bertz CT molecular complexity index is 539. The molecule has 1 fully saturated rings. The van der Waals surface area contributed by atoms with Crippen molar-refractivity contribution in [3.05, 3.63) is 29.8 Å². The number of aliphatic hydroxyl groups excluding tert-OH is 1. The molecule has 1 saturated carbocycles. The van der Waals surface area contributed by atoms with Gasteiger partial charge in [-0.1, -0.05) is 31.0 Å². The highest BCUT2D eigenvalue weighted by Crippen LogP contribution is 2.29. The molecule has 0 amide bonds. The second kappa shape index (κ2) is 6.67. The van der Waals surface area contributed by atoms with Crippen molar-refractivity contribution in [1.82, 2.24) is 4.31 Å². The first kappa shape index (κ1) is 15.4. The summed E-state index contributed by atoms with van der Waals surface area (Å²) in [4.78, 5) is 0.267. The Hall–Kier alpha value is -0.950. The van der Waals surface area contributed by atoms with Gasteiger partial charge >= 0.3 is 0 Å². The highest BCUT2D eigenvalue weighted by molar-refractivity contribution is 7.89. The van der Waals surface area contributed by atoms with E-state index in [4.69, 9.17) is 5.73 Å². The van der Waals surface area contributed by atoms with Gasteiger partial charge in [0, 0.05) is 19.1 Å². The van der Waals surface area contributed by atoms with Gasteiger partial charge in [0.2, 0.25) is 10.0 Å². The molecule has 1 aliphatic carbocycles. The first-order chi connectivity index (χ1) is 9.61. The van der Waals surface area contributed by atoms with Gasteiger partial charge in [0.1, 0.15) is 0 Å². The Morgan fingerprint density at radius 2 is 1.90 bits per heavy atom. The molecule has 1 aromatic rings. The van der Waals surface area contributed by atoms with Crippen molar-refractivity contribution in [3.8, 4) is 0 Å². The van der Waals surface area contributed by atoms with Crippen molar-refractivity contribution in [1.29, 1.82) is 0 Å². The largest absolute Gasteiger partial charge is 0.395 e. The van der Waals surface area contributed by atoms with Crippen LogP contribution in [0.2, 0.25) is 0 Å². The molecule has 0 aliphatic heterocycles. The molecular formula is C14H22N2O3S. The summed E-state index contributed by atoms with van der Waals surface area (Å²) < 4.78 is 27.1. The van der Waals surface area contributed by atoms with Crippen LogP contribution in [0.3, 0.4) is 0 Å². The number of nitrogens with two attached hydrogens (primary N) is 1. The van der Waals surface area contributed by atoms with Crippen LogP contribution >= 0.6 is 0 Å². The summed E-state index contributed by atoms with van der Waals surface area (Å²) in [5.41, 5.74) is 6.26. The SMILES string of the molecule is NCc1ccccc1S(=O)(=O)N(CCO)C1CCCC1. The van der Waals surface area contributed by atoms with Crippen LogP contribution in [0.1, 0.15) is 31.2 Å². The van der Waals surface area contributed by atoms with Crippen molar-refractivity contribution in [2.24, 2.45) is 5.73 Å². The number of sulfonamides is 1. The normalized spacial score (nSPS) is 16.9. The lowest BCUT2D eigenvalue weighted by molar-refractivity contribution is 0.226. The maximum Gasteiger partial charge on any atom is 0.243 e. The van der Waals surface area contributed by atoms with Crippen LogP contribution in [0.4, 0.5) is 0 Å². The number of aliphatic hydroxyl groups is 1. The zero-order valence-corrected chi connectivity index (χ0v) is 12.3. The molecule has 0 aromatic heterocycles. The van der Waals surface area contributed by atoms with Crippen molar-refractivity contribution in [2.75, 3.05) is 13.2 Å². The molecule has 1 aromatic carbocycles. The molecule has 2 rings (SSSR count). The highest BCUT2D eigenvalue weighted by Gasteiger charge is 2.33. The van der Waals surface area contributed by atoms with Crippen LogP contribution in [-0.2, 0) is 16.6 Å². The smallest absolute Gasteiger partial charge is 0.243 e. The van der Waals surface area contributed by atoms with Crippen molar-refractivity contribution in [3.63, 3.8) is 0 Å². The molecule has 5 nitrogen and oxygen atoms in total. The second-order valence-electron chi connectivity index (χ2n) is 5.09. The molecule has 0 radical (unpaired) electrons. The molecule has 0 saturated heterocycles. The van der Waals surface area contributed by atoms with Crippen LogP contribution < -0.4 is 5.73 Å². The maximum absolute atomic E-state index is 12.8. The van der Waals surface area contributed by atoms with Crippen LogP contribution in [0.5, 0.6) is 0 Å². The van der Waals surface area contributed by atoms with Gasteiger partial charge in [-0.3, -0.25) is 0 Å². The summed E-state index contributed by atoms with van der Waals surface area (Å²) in [6, 6.07) is 6.82. The minimum atomic E-state index is -3.60. The van der Waals surface area contributed by atoms with Crippen LogP contribution in [-0.4, -0.2) is 37.0 Å². The third-order valence-electron chi connectivity index (χ3n) is 3.83. The fourth-order valence-electron chi connectivity index (χ4n) is 2.84. The fourth-order valence-corrected chi connectivity index (χ4v) is 4.75. The molecule has 0 unspecified atom stereocenters. The lowest BCUT2D eigenvalue weighted by atomic mass is 10.2. The Kier molecular flexibility index (Phi) is 5.15. The second-order valence-corrected chi connectivity index (χ2v) is 6.95. The molecular weight excluding hydrogens is 276 g/mol. The predicted octanol–water partition coefficient (Wildman–Crippen LogP) is 1.07. The first-order valence-corrected chi connectivity index (χ1v) is 8.46. The van der Waals surface area contributed by atoms with Gasteiger partial charge in [0.15, 0.2) is 0 Å². The molecule has 1 aliphatic rings. The summed E-state index contributed by atoms with van der Waals surface area (Å²) in [6.07, 6.45) is 3.81. The monoisotopic (exact) mass is 298 g/mol. The van der Waals surface area contributed by atoms with E-state index in [-0.39, 0.29) is 30.6 Å². The summed E-state index contributed by atoms with van der Waals surface area (Å²) in [6.45, 7) is 0.166. The van der Waals surface area contributed by atoms with Gasteiger partial charge in [-0.25, -0.2) is 8.42 Å². The summed E-state index contributed by atoms with van der Waals surface area (Å²) in [7, 11) is -3.60. The van der Waals surface area contributed by atoms with E-state index in [2.05, 4.69) is 0 Å². The number of rotatable bonds is 6. The number of hydrogen-bond acceptors (Lipinski definition) is 4. The molecule has 0 heterocycles. The van der Waals surface area contributed by atoms with Gasteiger partial charge in [-0.05, 0) is 24.5 Å². The lowest BCUT2D eigenvalue weighted by Gasteiger charge is -2.28. The minimum absolute atomic E-state index is 0.00187. The average Bonchev–Trinajstić information content (AvgIpc) is 2.98. The van der Waals surface area contributed by atoms with E-state index in [1.807, 2.05) is 0 Å². The number of benzene rings is 1. The van der Waals surface area contributed by atoms with Gasteiger partial charge < -0.3 is 10.8 Å². The topological polar surface area (TPSA) is 83.6 Å². The predicted molar refractivity (Wildman–Crippen MR) is 77.6 cm³/mol. The molecule has 0 spiro atoms. The third-order valence-corrected chi connectivity index (χ3v) is 5.88. The molecule has 0 bridgehead atoms. The molecule has 0 atom stereocenters. The Morgan fingerprint density at radius 3 is 2.50 bits per heavy atom. The first-order valence-electron chi connectivity index (χ1n) is 7.02. The Balaban J connectivity index is 2.39. The Labute approximate surface area is 120 Å². The molecule has 3 N–H and O–H groups in total. The van der Waals surface area contributed by atoms with E-state index in [0.29, 0.717) is 5.56 Å². The van der Waals surface area contributed by atoms with Crippen LogP contribution in [0.25, 0.3) is 0 Å². The Morgan fingerprint density at radius 1 is 1.25 bits per heavy atom. The highest BCUT2D eigenvalue weighted by atomic mass is 32.2. The number of hydrogen-bond donors (Lipinski definition) is 2. The van der Waals surface area contributed by atoms with Gasteiger partial charge in [-0.15, -0.1) is 0 Å². The lowest BCUT2D eigenvalue weighted by Crippen LogP contribution is -2.41. The third kappa shape index (κ3) is 3.03. The van der Waals surface area contributed by atoms with Gasteiger partial charge in [-0.2, -0.15) is 4.31 Å². The van der Waals surface area contributed by atoms with E-state index in [0.717, 1.165) is 25.7 Å². The van der Waals surface area contributed by atoms with Crippen LogP contribution in [0.15, 0.2) is 29.2 Å². The van der Waals surface area contributed by atoms with Crippen molar-refractivity contribution >= 4 is 10.0 Å². The van der Waals surface area contributed by atoms with Crippen LogP contribution in [0, 0.1) is 0 Å². The van der Waals surface area contributed by atoms with Crippen molar-refractivity contribution < 1.29 is 13.5 Å². The van der Waals surface area contributed by atoms with E-state index < -0.39 is 10.0 Å². The van der Waals surface area contributed by atoms with E-state index in [1.54, 1.807) is 24.3 Å². The van der Waals surface area contributed by atoms with E-state index in [1.165, 1.54) is 4.31 Å². The average molecular weight is 298 g/mol. The summed E-state index contributed by atoms with van der Waals surface area (Å²) in [5.74, 6) is 0. The quantitative estimate of drug-likeness (QED) is 0.823. The summed E-state index contributed by atoms with van der Waals surface area (Å²) in [5, 5.41) is 9.20. The zero-order valence-electron chi connectivity index (χ0n) is 11.5. The summed E-state index contributed by atoms with van der Waals surface area (Å²) >= 11 is 0. The molecule has 20 heavy (non-hydrogen) atoms. The number of nitrogens with zero attached hydrogens (tertiary/aromatic N) is 1. The standard InChI is InChI=1S/C14H22N2O3S/c15-11-12-5-1-4-8-14(12)20(18,19)16(9-10-17)13-6-2-3-7-13/h1,4-5,8,13,17H,2-3,6-7,9-11,15H2. The van der Waals surface area contributed by atoms with Gasteiger partial charge in [0.05, 0.1) is 11.5 Å². The zero-order chi connectivity index (χ0) is 14.6. The molecule has 112 valence electrons. The van der Waals surface area contributed by atoms with E-state index in [9.17, 15) is 13.5 Å².